The van der Waals surface area contributed by atoms with E-state index < -0.39 is 0 Å². The molecule has 0 radical (unpaired) electrons. The van der Waals surface area contributed by atoms with Crippen molar-refractivity contribution in [3.63, 3.8) is 0 Å². The first-order valence-electron chi connectivity index (χ1n) is 6.78. The minimum Gasteiger partial charge on any atom is -0.385 e. The Balaban J connectivity index is 2.05. The summed E-state index contributed by atoms with van der Waals surface area (Å²) in [6, 6.07) is 0.681. The van der Waals surface area contributed by atoms with Crippen molar-refractivity contribution < 1.29 is 4.74 Å². The molecule has 0 aromatic carbocycles. The number of nitrogens with one attached hydrogen (secondary N) is 1. The zero-order valence-corrected chi connectivity index (χ0v) is 11.0. The number of hydrogen-bond acceptors (Lipinski definition) is 3. The highest BCUT2D eigenvalue weighted by Gasteiger charge is 2.14. The summed E-state index contributed by atoms with van der Waals surface area (Å²) in [5.41, 5.74) is 0. The van der Waals surface area contributed by atoms with Gasteiger partial charge in [-0.25, -0.2) is 0 Å². The fourth-order valence-electron chi connectivity index (χ4n) is 2.32. The van der Waals surface area contributed by atoms with Crippen LogP contribution in [0, 0.1) is 0 Å². The van der Waals surface area contributed by atoms with Crippen molar-refractivity contribution in [2.24, 2.45) is 0 Å². The molecule has 0 aromatic heterocycles. The quantitative estimate of drug-likeness (QED) is 0.673. The van der Waals surface area contributed by atoms with Crippen LogP contribution < -0.4 is 5.32 Å². The van der Waals surface area contributed by atoms with Crippen molar-refractivity contribution in [3.05, 3.63) is 0 Å². The second-order valence-electron chi connectivity index (χ2n) is 4.85. The molecule has 1 aliphatic heterocycles. The zero-order valence-electron chi connectivity index (χ0n) is 11.0. The summed E-state index contributed by atoms with van der Waals surface area (Å²) in [4.78, 5) is 2.64. The van der Waals surface area contributed by atoms with Crippen LogP contribution in [0.25, 0.3) is 0 Å². The minimum atomic E-state index is 0.681. The molecule has 0 aliphatic carbocycles. The molecule has 1 heterocycles. The molecule has 3 heteroatoms. The maximum atomic E-state index is 5.03. The van der Waals surface area contributed by atoms with E-state index >= 15 is 0 Å². The predicted molar refractivity (Wildman–Crippen MR) is 68.9 cm³/mol. The monoisotopic (exact) mass is 228 g/mol. The third-order valence-electron chi connectivity index (χ3n) is 3.41. The molecule has 0 spiro atoms. The molecule has 1 atom stereocenters. The fraction of sp³-hybridized carbons (Fsp3) is 1.00. The average Bonchev–Trinajstić information content (AvgIpc) is 2.57. The van der Waals surface area contributed by atoms with Gasteiger partial charge in [-0.1, -0.05) is 12.8 Å². The first-order valence-corrected chi connectivity index (χ1v) is 6.78. The number of likely N-dealkylation sites (tertiary alicyclic amines) is 1. The van der Waals surface area contributed by atoms with Crippen LogP contribution in [0.4, 0.5) is 0 Å². The van der Waals surface area contributed by atoms with Crippen molar-refractivity contribution in [1.82, 2.24) is 10.2 Å². The van der Waals surface area contributed by atoms with E-state index in [0.29, 0.717) is 6.04 Å². The van der Waals surface area contributed by atoms with Gasteiger partial charge in [-0.2, -0.15) is 0 Å². The minimum absolute atomic E-state index is 0.681. The van der Waals surface area contributed by atoms with E-state index in [4.69, 9.17) is 4.74 Å². The average molecular weight is 228 g/mol. The molecule has 1 rings (SSSR count). The van der Waals surface area contributed by atoms with Crippen LogP contribution in [-0.4, -0.2) is 50.8 Å². The second kappa shape index (κ2) is 8.97. The Bertz CT molecular complexity index is 156. The van der Waals surface area contributed by atoms with Crippen LogP contribution in [0.15, 0.2) is 0 Å². The molecule has 0 aromatic rings. The highest BCUT2D eigenvalue weighted by Crippen LogP contribution is 2.11. The van der Waals surface area contributed by atoms with E-state index in [0.717, 1.165) is 26.1 Å². The molecular weight excluding hydrogens is 200 g/mol. The lowest BCUT2D eigenvalue weighted by Gasteiger charge is -2.27. The van der Waals surface area contributed by atoms with Crippen LogP contribution in [-0.2, 0) is 4.74 Å². The van der Waals surface area contributed by atoms with Crippen molar-refractivity contribution in [3.8, 4) is 0 Å². The molecule has 1 N–H and O–H groups in total. The van der Waals surface area contributed by atoms with Crippen molar-refractivity contribution in [1.29, 1.82) is 0 Å². The number of ether oxygens (including phenoxy) is 1. The predicted octanol–water partition coefficient (Wildman–Crippen LogP) is 1.88. The Labute approximate surface area is 101 Å². The Morgan fingerprint density at radius 3 is 2.50 bits per heavy atom. The SMILES string of the molecule is COCCCNCC(C)N1CCCCCC1. The van der Waals surface area contributed by atoms with Crippen molar-refractivity contribution in [2.75, 3.05) is 39.9 Å². The second-order valence-corrected chi connectivity index (χ2v) is 4.85. The van der Waals surface area contributed by atoms with Gasteiger partial charge in [0.25, 0.3) is 0 Å². The number of rotatable bonds is 7. The third kappa shape index (κ3) is 5.83. The third-order valence-corrected chi connectivity index (χ3v) is 3.41. The molecular formula is C13H28N2O. The maximum Gasteiger partial charge on any atom is 0.0474 e. The summed E-state index contributed by atoms with van der Waals surface area (Å²) in [5.74, 6) is 0. The molecule has 1 aliphatic rings. The van der Waals surface area contributed by atoms with Crippen LogP contribution in [0.1, 0.15) is 39.0 Å². The van der Waals surface area contributed by atoms with Crippen LogP contribution >= 0.6 is 0 Å². The summed E-state index contributed by atoms with van der Waals surface area (Å²) in [5, 5.41) is 3.52. The van der Waals surface area contributed by atoms with E-state index in [-0.39, 0.29) is 0 Å². The van der Waals surface area contributed by atoms with Crippen LogP contribution in [0.3, 0.4) is 0 Å². The molecule has 0 saturated carbocycles. The molecule has 0 bridgehead atoms. The normalized spacial score (nSPS) is 20.6. The van der Waals surface area contributed by atoms with Crippen molar-refractivity contribution in [2.45, 2.75) is 45.1 Å². The molecule has 1 fully saturated rings. The van der Waals surface area contributed by atoms with Crippen molar-refractivity contribution >= 4 is 0 Å². The Morgan fingerprint density at radius 2 is 1.88 bits per heavy atom. The summed E-state index contributed by atoms with van der Waals surface area (Å²) in [6.45, 7) is 7.98. The van der Waals surface area contributed by atoms with E-state index in [1.165, 1.54) is 38.8 Å². The van der Waals surface area contributed by atoms with Gasteiger partial charge in [-0.05, 0) is 45.8 Å². The standard InChI is InChI=1S/C13H28N2O/c1-13(12-14-8-7-11-16-2)15-9-5-3-4-6-10-15/h13-14H,3-12H2,1-2H3. The van der Waals surface area contributed by atoms with E-state index in [1.807, 2.05) is 0 Å². The lowest BCUT2D eigenvalue weighted by Crippen LogP contribution is -2.41. The Morgan fingerprint density at radius 1 is 1.19 bits per heavy atom. The van der Waals surface area contributed by atoms with E-state index in [9.17, 15) is 0 Å². The van der Waals surface area contributed by atoms with Gasteiger partial charge in [0.2, 0.25) is 0 Å². The van der Waals surface area contributed by atoms with Crippen LogP contribution in [0.5, 0.6) is 0 Å². The Kier molecular flexibility index (Phi) is 7.81. The lowest BCUT2D eigenvalue weighted by atomic mass is 10.2. The van der Waals surface area contributed by atoms with E-state index in [2.05, 4.69) is 17.1 Å². The summed E-state index contributed by atoms with van der Waals surface area (Å²) < 4.78 is 5.03. The van der Waals surface area contributed by atoms with Gasteiger partial charge in [-0.15, -0.1) is 0 Å². The number of nitrogens with zero attached hydrogens (tertiary/aromatic N) is 1. The van der Waals surface area contributed by atoms with Gasteiger partial charge < -0.3 is 10.1 Å². The highest BCUT2D eigenvalue weighted by atomic mass is 16.5. The molecule has 1 unspecified atom stereocenters. The van der Waals surface area contributed by atoms with Gasteiger partial charge in [0.15, 0.2) is 0 Å². The summed E-state index contributed by atoms with van der Waals surface area (Å²) in [7, 11) is 1.76. The topological polar surface area (TPSA) is 24.5 Å². The summed E-state index contributed by atoms with van der Waals surface area (Å²) in [6.07, 6.45) is 6.72. The Hall–Kier alpha value is -0.120. The maximum absolute atomic E-state index is 5.03. The fourth-order valence-corrected chi connectivity index (χ4v) is 2.32. The van der Waals surface area contributed by atoms with Gasteiger partial charge in [0.05, 0.1) is 0 Å². The molecule has 16 heavy (non-hydrogen) atoms. The summed E-state index contributed by atoms with van der Waals surface area (Å²) >= 11 is 0. The van der Waals surface area contributed by atoms with Gasteiger partial charge in [0.1, 0.15) is 0 Å². The highest BCUT2D eigenvalue weighted by molar-refractivity contribution is 4.72. The lowest BCUT2D eigenvalue weighted by molar-refractivity contribution is 0.188. The zero-order chi connectivity index (χ0) is 11.6. The van der Waals surface area contributed by atoms with E-state index in [1.54, 1.807) is 7.11 Å². The van der Waals surface area contributed by atoms with Gasteiger partial charge >= 0.3 is 0 Å². The molecule has 1 saturated heterocycles. The van der Waals surface area contributed by atoms with Crippen LogP contribution in [0.2, 0.25) is 0 Å². The molecule has 3 nitrogen and oxygen atoms in total. The number of hydrogen-bond donors (Lipinski definition) is 1. The first kappa shape index (κ1) is 13.9. The van der Waals surface area contributed by atoms with Gasteiger partial charge in [-0.3, -0.25) is 4.90 Å². The molecule has 0 amide bonds. The molecule has 96 valence electrons. The smallest absolute Gasteiger partial charge is 0.0474 e. The first-order chi connectivity index (χ1) is 7.84. The number of methoxy groups -OCH3 is 1. The van der Waals surface area contributed by atoms with Gasteiger partial charge in [0, 0.05) is 26.3 Å². The largest absolute Gasteiger partial charge is 0.385 e.